The van der Waals surface area contributed by atoms with Crippen molar-refractivity contribution in [3.8, 4) is 0 Å². The normalized spacial score (nSPS) is 19.9. The number of aliphatic hydroxyl groups is 1. The Morgan fingerprint density at radius 1 is 1.30 bits per heavy atom. The molecule has 9 heteroatoms. The Morgan fingerprint density at radius 2 is 2.00 bits per heavy atom. The lowest BCUT2D eigenvalue weighted by molar-refractivity contribution is -0.384. The third kappa shape index (κ3) is 3.69. The Hall–Kier alpha value is -2.78. The maximum Gasteiger partial charge on any atom is 0.277 e. The summed E-state index contributed by atoms with van der Waals surface area (Å²) in [6.45, 7) is 0.783. The molecule has 2 heterocycles. The molecule has 1 N–H and O–H groups in total. The van der Waals surface area contributed by atoms with Gasteiger partial charge in [-0.1, -0.05) is 0 Å². The van der Waals surface area contributed by atoms with Crippen LogP contribution in [0.25, 0.3) is 5.57 Å². The summed E-state index contributed by atoms with van der Waals surface area (Å²) in [5.41, 5.74) is 0.691. The van der Waals surface area contributed by atoms with Gasteiger partial charge in [-0.15, -0.1) is 0 Å². The summed E-state index contributed by atoms with van der Waals surface area (Å²) < 4.78 is 5.54. The smallest absolute Gasteiger partial charge is 0.277 e. The third-order valence-electron chi connectivity index (χ3n) is 4.74. The second kappa shape index (κ2) is 7.85. The molecular formula is C18H21N3O6. The highest BCUT2D eigenvalue weighted by Crippen LogP contribution is 2.32. The first-order valence-corrected chi connectivity index (χ1v) is 8.73. The van der Waals surface area contributed by atoms with Crippen LogP contribution in [0, 0.1) is 10.1 Å². The van der Waals surface area contributed by atoms with E-state index in [4.69, 9.17) is 4.74 Å². The van der Waals surface area contributed by atoms with Crippen LogP contribution in [-0.4, -0.2) is 71.1 Å². The molecule has 2 aliphatic heterocycles. The lowest BCUT2D eigenvalue weighted by atomic mass is 10.0. The van der Waals surface area contributed by atoms with E-state index in [1.54, 1.807) is 7.05 Å². The molecule has 0 bridgehead atoms. The van der Waals surface area contributed by atoms with Crippen molar-refractivity contribution >= 4 is 23.1 Å². The minimum atomic E-state index is -0.525. The molecule has 9 nitrogen and oxygen atoms in total. The standard InChI is InChI=1S/C18H21N3O6/c1-19(8-9-22)16-15(12-4-6-13(7-5-12)21(25)26)17(23)20(18(16)24)11-14-3-2-10-27-14/h4-7,14,22H,2-3,8-11H2,1H3. The van der Waals surface area contributed by atoms with Gasteiger partial charge in [0.1, 0.15) is 5.70 Å². The Labute approximate surface area is 156 Å². The van der Waals surface area contributed by atoms with Gasteiger partial charge in [0.15, 0.2) is 0 Å². The van der Waals surface area contributed by atoms with Crippen LogP contribution in [0.1, 0.15) is 18.4 Å². The van der Waals surface area contributed by atoms with Crippen LogP contribution in [0.4, 0.5) is 5.69 Å². The molecule has 0 aromatic heterocycles. The monoisotopic (exact) mass is 375 g/mol. The van der Waals surface area contributed by atoms with Gasteiger partial charge in [0, 0.05) is 32.3 Å². The number of imide groups is 1. The van der Waals surface area contributed by atoms with Gasteiger partial charge in [0.05, 0.1) is 29.8 Å². The van der Waals surface area contributed by atoms with Crippen LogP contribution >= 0.6 is 0 Å². The third-order valence-corrected chi connectivity index (χ3v) is 4.74. The highest BCUT2D eigenvalue weighted by molar-refractivity contribution is 6.35. The van der Waals surface area contributed by atoms with E-state index >= 15 is 0 Å². The van der Waals surface area contributed by atoms with Crippen LogP contribution in [0.2, 0.25) is 0 Å². The lowest BCUT2D eigenvalue weighted by Crippen LogP contribution is -2.39. The number of likely N-dealkylation sites (N-methyl/N-ethyl adjacent to an activating group) is 1. The first kappa shape index (κ1) is 19.0. The van der Waals surface area contributed by atoms with E-state index in [1.165, 1.54) is 29.2 Å². The second-order valence-corrected chi connectivity index (χ2v) is 6.53. The molecule has 1 atom stereocenters. The van der Waals surface area contributed by atoms with Crippen molar-refractivity contribution in [1.82, 2.24) is 9.80 Å². The van der Waals surface area contributed by atoms with Gasteiger partial charge in [-0.2, -0.15) is 0 Å². The SMILES string of the molecule is CN(CCO)C1=C(c2ccc([N+](=O)[O-])cc2)C(=O)N(CC2CCCO2)C1=O. The van der Waals surface area contributed by atoms with Gasteiger partial charge in [-0.3, -0.25) is 24.6 Å². The average Bonchev–Trinajstić information content (AvgIpc) is 3.24. The number of nitrogens with zero attached hydrogens (tertiary/aromatic N) is 3. The molecule has 144 valence electrons. The van der Waals surface area contributed by atoms with Gasteiger partial charge in [0.25, 0.3) is 17.5 Å². The Balaban J connectivity index is 1.97. The molecular weight excluding hydrogens is 354 g/mol. The fourth-order valence-electron chi connectivity index (χ4n) is 3.35. The molecule has 0 radical (unpaired) electrons. The van der Waals surface area contributed by atoms with Crippen molar-refractivity contribution < 1.29 is 24.4 Å². The Kier molecular flexibility index (Phi) is 5.52. The molecule has 1 aromatic rings. The van der Waals surface area contributed by atoms with Gasteiger partial charge >= 0.3 is 0 Å². The van der Waals surface area contributed by atoms with Crippen molar-refractivity contribution in [3.05, 3.63) is 45.6 Å². The fraction of sp³-hybridized carbons (Fsp3) is 0.444. The number of amides is 2. The minimum Gasteiger partial charge on any atom is -0.395 e. The lowest BCUT2D eigenvalue weighted by Gasteiger charge is -2.22. The molecule has 3 rings (SSSR count). The summed E-state index contributed by atoms with van der Waals surface area (Å²) >= 11 is 0. The van der Waals surface area contributed by atoms with Crippen LogP contribution in [-0.2, 0) is 14.3 Å². The van der Waals surface area contributed by atoms with E-state index in [1.807, 2.05) is 0 Å². The van der Waals surface area contributed by atoms with Crippen molar-refractivity contribution in [2.24, 2.45) is 0 Å². The molecule has 0 spiro atoms. The molecule has 0 saturated carbocycles. The molecule has 0 aliphatic carbocycles. The summed E-state index contributed by atoms with van der Waals surface area (Å²) in [5.74, 6) is -0.899. The fourth-order valence-corrected chi connectivity index (χ4v) is 3.35. The number of nitro groups is 1. The van der Waals surface area contributed by atoms with Gasteiger partial charge < -0.3 is 14.7 Å². The first-order valence-electron chi connectivity index (χ1n) is 8.73. The molecule has 1 unspecified atom stereocenters. The van der Waals surface area contributed by atoms with Crippen molar-refractivity contribution in [3.63, 3.8) is 0 Å². The molecule has 2 amide bonds. The van der Waals surface area contributed by atoms with Gasteiger partial charge in [-0.25, -0.2) is 0 Å². The number of aliphatic hydroxyl groups excluding tert-OH is 1. The number of hydrogen-bond acceptors (Lipinski definition) is 7. The maximum absolute atomic E-state index is 13.0. The highest BCUT2D eigenvalue weighted by atomic mass is 16.6. The number of benzene rings is 1. The maximum atomic E-state index is 13.0. The largest absolute Gasteiger partial charge is 0.395 e. The van der Waals surface area contributed by atoms with Crippen LogP contribution in [0.15, 0.2) is 30.0 Å². The van der Waals surface area contributed by atoms with Crippen molar-refractivity contribution in [2.45, 2.75) is 18.9 Å². The summed E-state index contributed by atoms with van der Waals surface area (Å²) in [4.78, 5) is 39.0. The van der Waals surface area contributed by atoms with E-state index in [0.29, 0.717) is 12.2 Å². The number of non-ortho nitro benzene ring substituents is 1. The number of ether oxygens (including phenoxy) is 1. The van der Waals surface area contributed by atoms with E-state index in [-0.39, 0.29) is 42.8 Å². The molecule has 2 aliphatic rings. The zero-order valence-corrected chi connectivity index (χ0v) is 15.0. The quantitative estimate of drug-likeness (QED) is 0.425. The molecule has 1 fully saturated rings. The number of carbonyl (C=O) groups excluding carboxylic acids is 2. The molecule has 1 aromatic carbocycles. The van der Waals surface area contributed by atoms with E-state index in [0.717, 1.165) is 17.7 Å². The Bertz CT molecular complexity index is 783. The number of hydrogen-bond donors (Lipinski definition) is 1. The summed E-state index contributed by atoms with van der Waals surface area (Å²) in [5, 5.41) is 20.1. The van der Waals surface area contributed by atoms with Crippen LogP contribution < -0.4 is 0 Å². The zero-order chi connectivity index (χ0) is 19.6. The second-order valence-electron chi connectivity index (χ2n) is 6.53. The van der Waals surface area contributed by atoms with Crippen molar-refractivity contribution in [2.75, 3.05) is 33.4 Å². The first-order chi connectivity index (χ1) is 12.9. The predicted molar refractivity (Wildman–Crippen MR) is 95.4 cm³/mol. The minimum absolute atomic E-state index is 0.0994. The van der Waals surface area contributed by atoms with Gasteiger partial charge in [0.2, 0.25) is 0 Å². The number of carbonyl (C=O) groups is 2. The highest BCUT2D eigenvalue weighted by Gasteiger charge is 2.42. The predicted octanol–water partition coefficient (Wildman–Crippen LogP) is 0.778. The molecule has 27 heavy (non-hydrogen) atoms. The topological polar surface area (TPSA) is 113 Å². The summed E-state index contributed by atoms with van der Waals surface area (Å²) in [6, 6.07) is 5.51. The van der Waals surface area contributed by atoms with E-state index in [9.17, 15) is 24.8 Å². The number of nitro benzene ring substituents is 1. The van der Waals surface area contributed by atoms with Crippen molar-refractivity contribution in [1.29, 1.82) is 0 Å². The number of rotatable bonds is 7. The zero-order valence-electron chi connectivity index (χ0n) is 15.0. The summed E-state index contributed by atoms with van der Waals surface area (Å²) in [6.07, 6.45) is 1.49. The summed E-state index contributed by atoms with van der Waals surface area (Å²) in [7, 11) is 1.62. The molecule has 1 saturated heterocycles. The van der Waals surface area contributed by atoms with Crippen LogP contribution in [0.3, 0.4) is 0 Å². The van der Waals surface area contributed by atoms with E-state index < -0.39 is 16.7 Å². The van der Waals surface area contributed by atoms with Crippen LogP contribution in [0.5, 0.6) is 0 Å². The van der Waals surface area contributed by atoms with Gasteiger partial charge in [-0.05, 0) is 30.5 Å². The Morgan fingerprint density at radius 3 is 2.56 bits per heavy atom. The van der Waals surface area contributed by atoms with E-state index in [2.05, 4.69) is 0 Å². The average molecular weight is 375 g/mol.